The van der Waals surface area contributed by atoms with Gasteiger partial charge in [0.25, 0.3) is 0 Å². The third-order valence-corrected chi connectivity index (χ3v) is 9.67. The summed E-state index contributed by atoms with van der Waals surface area (Å²) in [5, 5.41) is 11.1. The predicted octanol–water partition coefficient (Wildman–Crippen LogP) is 13.0. The molecule has 0 saturated heterocycles. The number of allylic oxidation sites excluding steroid dienone is 1. The van der Waals surface area contributed by atoms with Gasteiger partial charge in [0.1, 0.15) is 12.6 Å². The highest BCUT2D eigenvalue weighted by Gasteiger charge is 2.12. The number of carbonyl (C=O) groups excluding carboxylic acids is 2. The van der Waals surface area contributed by atoms with E-state index in [-0.39, 0.29) is 24.5 Å². The summed E-state index contributed by atoms with van der Waals surface area (Å²) in [6.07, 6.45) is 45.0. The lowest BCUT2D eigenvalue weighted by Gasteiger charge is -2.15. The summed E-state index contributed by atoms with van der Waals surface area (Å²) < 4.78 is 5.91. The van der Waals surface area contributed by atoms with Crippen molar-refractivity contribution in [3.05, 3.63) is 12.2 Å². The quantitative estimate of drug-likeness (QED) is 0.0380. The molecule has 0 rings (SSSR count). The standard InChI is InChI=1S/C43H81NO5/c1-3-5-7-9-11-13-14-15-16-17-18-19-20-21-22-24-26-28-34-38-43(48)49-40(35-31-27-25-23-12-10-8-6-4-2)36-32-29-30-33-37-41(45)44-39-42(46)47/h31,35,40H,3-30,32-34,36-39H2,1-2H3,(H,44,45)(H,46,47)/b35-31-. The van der Waals surface area contributed by atoms with Gasteiger partial charge in [0.05, 0.1) is 0 Å². The molecule has 0 aromatic rings. The molecule has 1 unspecified atom stereocenters. The van der Waals surface area contributed by atoms with Gasteiger partial charge in [-0.1, -0.05) is 187 Å². The van der Waals surface area contributed by atoms with Crippen LogP contribution in [0.15, 0.2) is 12.2 Å². The van der Waals surface area contributed by atoms with Crippen molar-refractivity contribution in [2.24, 2.45) is 0 Å². The lowest BCUT2D eigenvalue weighted by atomic mass is 10.0. The highest BCUT2D eigenvalue weighted by molar-refractivity contribution is 5.80. The smallest absolute Gasteiger partial charge is 0.322 e. The topological polar surface area (TPSA) is 92.7 Å². The second kappa shape index (κ2) is 38.9. The lowest BCUT2D eigenvalue weighted by Crippen LogP contribution is -2.28. The minimum absolute atomic E-state index is 0.0763. The van der Waals surface area contributed by atoms with Gasteiger partial charge in [-0.3, -0.25) is 14.4 Å². The van der Waals surface area contributed by atoms with Crippen LogP contribution in [0.2, 0.25) is 0 Å². The maximum atomic E-state index is 12.7. The van der Waals surface area contributed by atoms with Crippen molar-refractivity contribution < 1.29 is 24.2 Å². The van der Waals surface area contributed by atoms with Crippen molar-refractivity contribution in [1.29, 1.82) is 0 Å². The number of hydrogen-bond acceptors (Lipinski definition) is 4. The molecule has 0 spiro atoms. The third-order valence-electron chi connectivity index (χ3n) is 9.67. The van der Waals surface area contributed by atoms with Crippen LogP contribution in [-0.2, 0) is 19.1 Å². The average molecular weight is 692 g/mol. The molecule has 0 bridgehead atoms. The summed E-state index contributed by atoms with van der Waals surface area (Å²) in [7, 11) is 0. The zero-order valence-electron chi connectivity index (χ0n) is 32.6. The number of aliphatic carboxylic acids is 1. The Bertz CT molecular complexity index is 767. The molecule has 6 nitrogen and oxygen atoms in total. The van der Waals surface area contributed by atoms with Crippen LogP contribution < -0.4 is 5.32 Å². The molecule has 0 aromatic carbocycles. The summed E-state index contributed by atoms with van der Waals surface area (Å²) in [4.78, 5) is 35.0. The molecule has 0 aliphatic heterocycles. The van der Waals surface area contributed by atoms with Crippen molar-refractivity contribution in [2.75, 3.05) is 6.54 Å². The molecule has 1 amide bonds. The van der Waals surface area contributed by atoms with Gasteiger partial charge in [0, 0.05) is 12.8 Å². The molecule has 288 valence electrons. The summed E-state index contributed by atoms with van der Waals surface area (Å²) in [6, 6.07) is 0. The molecule has 2 N–H and O–H groups in total. The molecule has 0 aliphatic rings. The van der Waals surface area contributed by atoms with E-state index in [1.165, 1.54) is 154 Å². The number of amides is 1. The Kier molecular flexibility index (Phi) is 37.5. The number of carboxylic acid groups (broad SMARTS) is 1. The fourth-order valence-corrected chi connectivity index (χ4v) is 6.48. The van der Waals surface area contributed by atoms with E-state index in [9.17, 15) is 14.4 Å². The van der Waals surface area contributed by atoms with Crippen molar-refractivity contribution in [2.45, 2.75) is 238 Å². The molecular weight excluding hydrogens is 610 g/mol. The van der Waals surface area contributed by atoms with Gasteiger partial charge >= 0.3 is 11.9 Å². The zero-order valence-corrected chi connectivity index (χ0v) is 32.6. The summed E-state index contributed by atoms with van der Waals surface area (Å²) in [5.41, 5.74) is 0. The van der Waals surface area contributed by atoms with Crippen molar-refractivity contribution in [3.8, 4) is 0 Å². The van der Waals surface area contributed by atoms with Crippen LogP contribution in [0.5, 0.6) is 0 Å². The van der Waals surface area contributed by atoms with Crippen LogP contribution in [0.4, 0.5) is 0 Å². The Hall–Kier alpha value is -1.85. The minimum atomic E-state index is -1.02. The van der Waals surface area contributed by atoms with E-state index in [0.717, 1.165) is 51.4 Å². The summed E-state index contributed by atoms with van der Waals surface area (Å²) >= 11 is 0. The normalized spacial score (nSPS) is 12.0. The van der Waals surface area contributed by atoms with Gasteiger partial charge in [0.2, 0.25) is 5.91 Å². The number of carbonyl (C=O) groups is 3. The minimum Gasteiger partial charge on any atom is -0.480 e. The van der Waals surface area contributed by atoms with Crippen LogP contribution in [-0.4, -0.2) is 35.6 Å². The number of hydrogen-bond donors (Lipinski definition) is 2. The number of rotatable bonds is 39. The first-order chi connectivity index (χ1) is 24.0. The largest absolute Gasteiger partial charge is 0.480 e. The number of ether oxygens (including phenoxy) is 1. The first-order valence-corrected chi connectivity index (χ1v) is 21.3. The molecular formula is C43H81NO5. The van der Waals surface area contributed by atoms with Gasteiger partial charge in [-0.05, 0) is 44.6 Å². The van der Waals surface area contributed by atoms with Crippen molar-refractivity contribution in [3.63, 3.8) is 0 Å². The maximum Gasteiger partial charge on any atom is 0.322 e. The van der Waals surface area contributed by atoms with E-state index in [1.54, 1.807) is 0 Å². The number of nitrogens with one attached hydrogen (secondary N) is 1. The average Bonchev–Trinajstić information content (AvgIpc) is 3.08. The van der Waals surface area contributed by atoms with Crippen molar-refractivity contribution >= 4 is 17.8 Å². The maximum absolute atomic E-state index is 12.7. The van der Waals surface area contributed by atoms with E-state index in [0.29, 0.717) is 12.8 Å². The van der Waals surface area contributed by atoms with Crippen LogP contribution >= 0.6 is 0 Å². The zero-order chi connectivity index (χ0) is 35.9. The molecule has 1 atom stereocenters. The molecule has 49 heavy (non-hydrogen) atoms. The highest BCUT2D eigenvalue weighted by atomic mass is 16.5. The van der Waals surface area contributed by atoms with E-state index in [2.05, 4.69) is 31.3 Å². The molecule has 0 saturated carbocycles. The van der Waals surface area contributed by atoms with Crippen LogP contribution in [0, 0.1) is 0 Å². The van der Waals surface area contributed by atoms with Gasteiger partial charge in [-0.2, -0.15) is 0 Å². The van der Waals surface area contributed by atoms with E-state index in [4.69, 9.17) is 9.84 Å². The Morgan fingerprint density at radius 2 is 0.918 bits per heavy atom. The Morgan fingerprint density at radius 3 is 1.37 bits per heavy atom. The molecule has 0 fully saturated rings. The Morgan fingerprint density at radius 1 is 0.531 bits per heavy atom. The second-order valence-electron chi connectivity index (χ2n) is 14.6. The van der Waals surface area contributed by atoms with Gasteiger partial charge < -0.3 is 15.2 Å². The second-order valence-corrected chi connectivity index (χ2v) is 14.6. The molecule has 0 aromatic heterocycles. The molecule has 0 aliphatic carbocycles. The summed E-state index contributed by atoms with van der Waals surface area (Å²) in [6.45, 7) is 4.21. The first-order valence-electron chi connectivity index (χ1n) is 21.3. The number of esters is 1. The monoisotopic (exact) mass is 692 g/mol. The Balaban J connectivity index is 4.01. The number of unbranched alkanes of at least 4 members (excludes halogenated alkanes) is 28. The number of carboxylic acids is 1. The van der Waals surface area contributed by atoms with Gasteiger partial charge in [0.15, 0.2) is 0 Å². The Labute approximate surface area is 303 Å². The van der Waals surface area contributed by atoms with Crippen LogP contribution in [0.3, 0.4) is 0 Å². The third kappa shape index (κ3) is 38.8. The molecule has 6 heteroatoms. The van der Waals surface area contributed by atoms with Crippen molar-refractivity contribution in [1.82, 2.24) is 5.32 Å². The van der Waals surface area contributed by atoms with Gasteiger partial charge in [-0.25, -0.2) is 0 Å². The highest BCUT2D eigenvalue weighted by Crippen LogP contribution is 2.17. The van der Waals surface area contributed by atoms with E-state index in [1.807, 2.05) is 0 Å². The van der Waals surface area contributed by atoms with Gasteiger partial charge in [-0.15, -0.1) is 0 Å². The summed E-state index contributed by atoms with van der Waals surface area (Å²) in [5.74, 6) is -1.31. The predicted molar refractivity (Wildman–Crippen MR) is 208 cm³/mol. The molecule has 0 heterocycles. The molecule has 0 radical (unpaired) electrons. The van der Waals surface area contributed by atoms with Crippen LogP contribution in [0.1, 0.15) is 232 Å². The first kappa shape index (κ1) is 47.1. The van der Waals surface area contributed by atoms with Crippen LogP contribution in [0.25, 0.3) is 0 Å². The SMILES string of the molecule is CCCCCCCCC/C=C\C(CCCCCCC(=O)NCC(=O)O)OC(=O)CCCCCCCCCCCCCCCCCCCCC. The van der Waals surface area contributed by atoms with E-state index < -0.39 is 5.97 Å². The lowest BCUT2D eigenvalue weighted by molar-refractivity contribution is -0.147. The fraction of sp³-hybridized carbons (Fsp3) is 0.884. The fourth-order valence-electron chi connectivity index (χ4n) is 6.48. The van der Waals surface area contributed by atoms with E-state index >= 15 is 0 Å².